The van der Waals surface area contributed by atoms with Crippen LogP contribution in [0.5, 0.6) is 5.75 Å². The normalized spacial score (nSPS) is 19.0. The molecular formula is C27H25N3O4. The summed E-state index contributed by atoms with van der Waals surface area (Å²) in [5.74, 6) is -0.803. The molecule has 3 heterocycles. The number of aryl methyl sites for hydroxylation is 1. The van der Waals surface area contributed by atoms with Crippen LogP contribution in [0, 0.1) is 0 Å². The first-order valence-corrected chi connectivity index (χ1v) is 11.2. The minimum absolute atomic E-state index is 0.0598. The maximum Gasteiger partial charge on any atom is 0.300 e. The van der Waals surface area contributed by atoms with Crippen molar-refractivity contribution < 1.29 is 19.4 Å². The molecule has 1 unspecified atom stereocenters. The molecular weight excluding hydrogens is 430 g/mol. The molecule has 0 aliphatic carbocycles. The topological polar surface area (TPSA) is 83.0 Å². The van der Waals surface area contributed by atoms with Crippen LogP contribution in [0.2, 0.25) is 0 Å². The van der Waals surface area contributed by atoms with Crippen LogP contribution in [0.1, 0.15) is 29.2 Å². The Morgan fingerprint density at radius 1 is 1.06 bits per heavy atom. The Bertz CT molecular complexity index is 1280. The first-order valence-electron chi connectivity index (χ1n) is 11.2. The van der Waals surface area contributed by atoms with Gasteiger partial charge in [0.05, 0.1) is 18.2 Å². The van der Waals surface area contributed by atoms with Crippen molar-refractivity contribution in [3.05, 3.63) is 89.3 Å². The van der Waals surface area contributed by atoms with Crippen molar-refractivity contribution in [2.45, 2.75) is 18.9 Å². The van der Waals surface area contributed by atoms with Gasteiger partial charge in [-0.25, -0.2) is 0 Å². The van der Waals surface area contributed by atoms with Crippen LogP contribution in [0.25, 0.3) is 5.76 Å². The molecule has 172 valence electrons. The SMILES string of the molecule is CN(C)c1ccc(N2C(=O)C(=O)/C(=C(\O)c3ccc4c(c3)CCCO4)C2c2ccncc2)cc1. The second kappa shape index (κ2) is 8.67. The van der Waals surface area contributed by atoms with Crippen molar-refractivity contribution in [2.24, 2.45) is 0 Å². The van der Waals surface area contributed by atoms with Crippen LogP contribution >= 0.6 is 0 Å². The Hall–Kier alpha value is -4.13. The highest BCUT2D eigenvalue weighted by atomic mass is 16.5. The third-order valence-electron chi connectivity index (χ3n) is 6.29. The van der Waals surface area contributed by atoms with E-state index in [1.807, 2.05) is 49.3 Å². The molecule has 1 atom stereocenters. The van der Waals surface area contributed by atoms with Gasteiger partial charge in [-0.05, 0) is 78.6 Å². The molecule has 2 aromatic carbocycles. The molecule has 2 aliphatic heterocycles. The van der Waals surface area contributed by atoms with Crippen molar-refractivity contribution in [3.63, 3.8) is 0 Å². The van der Waals surface area contributed by atoms with Crippen molar-refractivity contribution in [2.75, 3.05) is 30.5 Å². The number of Topliss-reactive ketones (excluding diaryl/α,β-unsaturated/α-hetero) is 1. The van der Waals surface area contributed by atoms with E-state index >= 15 is 0 Å². The van der Waals surface area contributed by atoms with E-state index in [4.69, 9.17) is 4.74 Å². The molecule has 0 spiro atoms. The highest BCUT2D eigenvalue weighted by molar-refractivity contribution is 6.51. The van der Waals surface area contributed by atoms with Gasteiger partial charge in [0.1, 0.15) is 11.5 Å². The number of aliphatic hydroxyl groups excluding tert-OH is 1. The molecule has 1 fully saturated rings. The molecule has 3 aromatic rings. The molecule has 1 saturated heterocycles. The maximum atomic E-state index is 13.3. The third-order valence-corrected chi connectivity index (χ3v) is 6.29. The van der Waals surface area contributed by atoms with E-state index in [1.165, 1.54) is 4.90 Å². The van der Waals surface area contributed by atoms with Gasteiger partial charge < -0.3 is 14.7 Å². The lowest BCUT2D eigenvalue weighted by atomic mass is 9.94. The van der Waals surface area contributed by atoms with E-state index < -0.39 is 17.7 Å². The van der Waals surface area contributed by atoms with Crippen LogP contribution in [-0.4, -0.2) is 42.5 Å². The number of fused-ring (bicyclic) bond motifs is 1. The van der Waals surface area contributed by atoms with E-state index in [1.54, 1.807) is 36.7 Å². The zero-order chi connectivity index (χ0) is 23.8. The Morgan fingerprint density at radius 2 is 1.79 bits per heavy atom. The summed E-state index contributed by atoms with van der Waals surface area (Å²) in [4.78, 5) is 34.0. The summed E-state index contributed by atoms with van der Waals surface area (Å²) >= 11 is 0. The van der Waals surface area contributed by atoms with Crippen molar-refractivity contribution in [3.8, 4) is 5.75 Å². The number of ketones is 1. The summed E-state index contributed by atoms with van der Waals surface area (Å²) in [7, 11) is 3.86. The fraction of sp³-hybridized carbons (Fsp3) is 0.222. The second-order valence-electron chi connectivity index (χ2n) is 8.63. The first kappa shape index (κ1) is 21.7. The van der Waals surface area contributed by atoms with Gasteiger partial charge in [-0.15, -0.1) is 0 Å². The fourth-order valence-corrected chi connectivity index (χ4v) is 4.53. The molecule has 7 nitrogen and oxygen atoms in total. The largest absolute Gasteiger partial charge is 0.507 e. The number of nitrogens with zero attached hydrogens (tertiary/aromatic N) is 3. The summed E-state index contributed by atoms with van der Waals surface area (Å²) in [6.45, 7) is 0.665. The summed E-state index contributed by atoms with van der Waals surface area (Å²) in [5.41, 5.74) is 3.76. The third kappa shape index (κ3) is 3.69. The maximum absolute atomic E-state index is 13.3. The number of hydrogen-bond acceptors (Lipinski definition) is 6. The Labute approximate surface area is 197 Å². The number of ether oxygens (including phenoxy) is 1. The van der Waals surface area contributed by atoms with Gasteiger partial charge >= 0.3 is 0 Å². The van der Waals surface area contributed by atoms with E-state index in [0.29, 0.717) is 23.4 Å². The number of rotatable bonds is 4. The predicted molar refractivity (Wildman–Crippen MR) is 130 cm³/mol. The van der Waals surface area contributed by atoms with E-state index in [2.05, 4.69) is 4.98 Å². The Morgan fingerprint density at radius 3 is 2.50 bits per heavy atom. The van der Waals surface area contributed by atoms with Crippen LogP contribution in [0.15, 0.2) is 72.6 Å². The van der Waals surface area contributed by atoms with Crippen molar-refractivity contribution >= 4 is 28.8 Å². The van der Waals surface area contributed by atoms with Gasteiger partial charge in [0, 0.05) is 43.4 Å². The summed E-state index contributed by atoms with van der Waals surface area (Å²) in [6.07, 6.45) is 4.94. The van der Waals surface area contributed by atoms with E-state index in [-0.39, 0.29) is 11.3 Å². The molecule has 5 rings (SSSR count). The number of pyridine rings is 1. The number of carbonyl (C=O) groups excluding carboxylic acids is 2. The average Bonchev–Trinajstić information content (AvgIpc) is 3.14. The van der Waals surface area contributed by atoms with Crippen molar-refractivity contribution in [1.82, 2.24) is 4.98 Å². The molecule has 0 saturated carbocycles. The van der Waals surface area contributed by atoms with Crippen molar-refractivity contribution in [1.29, 1.82) is 0 Å². The number of amides is 1. The van der Waals surface area contributed by atoms with Crippen LogP contribution in [-0.2, 0) is 16.0 Å². The first-order chi connectivity index (χ1) is 16.5. The van der Waals surface area contributed by atoms with Crippen LogP contribution in [0.3, 0.4) is 0 Å². The number of aliphatic hydroxyl groups is 1. The molecule has 34 heavy (non-hydrogen) atoms. The molecule has 0 radical (unpaired) electrons. The number of carbonyl (C=O) groups is 2. The molecule has 0 bridgehead atoms. The molecule has 1 amide bonds. The Balaban J connectivity index is 1.65. The van der Waals surface area contributed by atoms with Gasteiger partial charge in [0.25, 0.3) is 11.7 Å². The lowest BCUT2D eigenvalue weighted by Gasteiger charge is -2.26. The highest BCUT2D eigenvalue weighted by Crippen LogP contribution is 2.42. The zero-order valence-electron chi connectivity index (χ0n) is 19.1. The fourth-order valence-electron chi connectivity index (χ4n) is 4.53. The van der Waals surface area contributed by atoms with Crippen LogP contribution in [0.4, 0.5) is 11.4 Å². The Kier molecular flexibility index (Phi) is 5.53. The number of benzene rings is 2. The predicted octanol–water partition coefficient (Wildman–Crippen LogP) is 4.10. The monoisotopic (exact) mass is 455 g/mol. The van der Waals surface area contributed by atoms with Gasteiger partial charge in [-0.2, -0.15) is 0 Å². The van der Waals surface area contributed by atoms with Gasteiger partial charge in [-0.3, -0.25) is 19.5 Å². The lowest BCUT2D eigenvalue weighted by Crippen LogP contribution is -2.29. The highest BCUT2D eigenvalue weighted by Gasteiger charge is 2.47. The number of hydrogen-bond donors (Lipinski definition) is 1. The number of anilines is 2. The zero-order valence-corrected chi connectivity index (χ0v) is 19.1. The van der Waals surface area contributed by atoms with E-state index in [9.17, 15) is 14.7 Å². The summed E-state index contributed by atoms with van der Waals surface area (Å²) < 4.78 is 5.68. The van der Waals surface area contributed by atoms with Gasteiger partial charge in [-0.1, -0.05) is 0 Å². The number of aromatic nitrogens is 1. The van der Waals surface area contributed by atoms with Gasteiger partial charge in [0.15, 0.2) is 0 Å². The summed E-state index contributed by atoms with van der Waals surface area (Å²) in [5, 5.41) is 11.3. The quantitative estimate of drug-likeness (QED) is 0.362. The summed E-state index contributed by atoms with van der Waals surface area (Å²) in [6, 6.07) is 15.5. The standard InChI is InChI=1S/C27H25N3O4/c1-29(2)20-6-8-21(9-7-20)30-24(17-11-13-28-14-12-17)23(26(32)27(30)33)25(31)19-5-10-22-18(16-19)4-3-15-34-22/h5-14,16,24,31H,3-4,15H2,1-2H3/b25-23-. The molecule has 1 aromatic heterocycles. The average molecular weight is 456 g/mol. The molecule has 1 N–H and O–H groups in total. The molecule has 2 aliphatic rings. The second-order valence-corrected chi connectivity index (χ2v) is 8.63. The lowest BCUT2D eigenvalue weighted by molar-refractivity contribution is -0.132. The van der Waals surface area contributed by atoms with Crippen LogP contribution < -0.4 is 14.5 Å². The van der Waals surface area contributed by atoms with E-state index in [0.717, 1.165) is 29.8 Å². The van der Waals surface area contributed by atoms with Gasteiger partial charge in [0.2, 0.25) is 0 Å². The minimum atomic E-state index is -0.777. The smallest absolute Gasteiger partial charge is 0.300 e. The minimum Gasteiger partial charge on any atom is -0.507 e. The molecule has 7 heteroatoms.